The molecule has 2 aromatic rings. The lowest BCUT2D eigenvalue weighted by Gasteiger charge is -2.19. The second kappa shape index (κ2) is 5.05. The molecule has 0 saturated heterocycles. The molecule has 17 heavy (non-hydrogen) atoms. The van der Waals surface area contributed by atoms with Crippen LogP contribution in [0.15, 0.2) is 30.3 Å². The van der Waals surface area contributed by atoms with Crippen LogP contribution < -0.4 is 10.6 Å². The number of hydrogen-bond donors (Lipinski definition) is 1. The lowest BCUT2D eigenvalue weighted by Crippen LogP contribution is -2.13. The van der Waals surface area contributed by atoms with Crippen LogP contribution in [0.5, 0.6) is 0 Å². The van der Waals surface area contributed by atoms with Gasteiger partial charge in [-0.05, 0) is 34.7 Å². The van der Waals surface area contributed by atoms with Crippen molar-refractivity contribution in [1.29, 1.82) is 0 Å². The van der Waals surface area contributed by atoms with Crippen molar-refractivity contribution in [2.24, 2.45) is 0 Å². The lowest BCUT2D eigenvalue weighted by molar-refractivity contribution is 1.08. The summed E-state index contributed by atoms with van der Waals surface area (Å²) >= 11 is 8.23. The molecule has 2 rings (SSSR count). The van der Waals surface area contributed by atoms with Gasteiger partial charge in [0.15, 0.2) is 0 Å². The summed E-state index contributed by atoms with van der Waals surface area (Å²) in [5.41, 5.74) is 6.50. The van der Waals surface area contributed by atoms with Crippen molar-refractivity contribution in [3.63, 3.8) is 0 Å². The summed E-state index contributed by atoms with van der Waals surface area (Å²) in [5.74, 6) is 0.973. The summed E-state index contributed by atoms with van der Waals surface area (Å²) in [6.45, 7) is 0. The maximum atomic E-state index is 6.13. The van der Waals surface area contributed by atoms with Crippen molar-refractivity contribution in [3.05, 3.63) is 39.1 Å². The van der Waals surface area contributed by atoms with Gasteiger partial charge in [-0.25, -0.2) is 4.98 Å². The maximum Gasteiger partial charge on any atom is 0.222 e. The van der Waals surface area contributed by atoms with Crippen LogP contribution in [0.25, 0.3) is 0 Å². The first-order chi connectivity index (χ1) is 8.08. The first-order valence-electron chi connectivity index (χ1n) is 4.86. The maximum absolute atomic E-state index is 6.13. The zero-order valence-corrected chi connectivity index (χ0v) is 12.0. The van der Waals surface area contributed by atoms with Gasteiger partial charge in [0.1, 0.15) is 9.52 Å². The highest BCUT2D eigenvalue weighted by Crippen LogP contribution is 2.29. The standard InChI is InChI=1S/C11H10ClIN4/c1-17(8-5-3-2-4-7(8)12)10-6-9(13)15-11(14)16-10/h2-6H,1H3,(H2,14,15,16). The highest BCUT2D eigenvalue weighted by molar-refractivity contribution is 14.1. The summed E-state index contributed by atoms with van der Waals surface area (Å²) in [6.07, 6.45) is 0. The van der Waals surface area contributed by atoms with Crippen LogP contribution in [0.1, 0.15) is 0 Å². The molecule has 88 valence electrons. The highest BCUT2D eigenvalue weighted by Gasteiger charge is 2.10. The molecule has 0 radical (unpaired) electrons. The van der Waals surface area contributed by atoms with Gasteiger partial charge in [-0.1, -0.05) is 23.7 Å². The van der Waals surface area contributed by atoms with Crippen LogP contribution in [0, 0.1) is 3.70 Å². The molecule has 0 aliphatic heterocycles. The Bertz CT molecular complexity index is 526. The topological polar surface area (TPSA) is 55.0 Å². The van der Waals surface area contributed by atoms with Crippen molar-refractivity contribution in [2.75, 3.05) is 17.7 Å². The zero-order valence-electron chi connectivity index (χ0n) is 9.06. The second-order valence-corrected chi connectivity index (χ2v) is 4.93. The van der Waals surface area contributed by atoms with E-state index in [1.165, 1.54) is 0 Å². The second-order valence-electron chi connectivity index (χ2n) is 3.42. The Morgan fingerprint density at radius 3 is 2.65 bits per heavy atom. The van der Waals surface area contributed by atoms with Crippen molar-refractivity contribution in [1.82, 2.24) is 9.97 Å². The molecule has 0 fully saturated rings. The van der Waals surface area contributed by atoms with Crippen LogP contribution in [0.3, 0.4) is 0 Å². The molecule has 6 heteroatoms. The monoisotopic (exact) mass is 360 g/mol. The van der Waals surface area contributed by atoms with Gasteiger partial charge >= 0.3 is 0 Å². The van der Waals surface area contributed by atoms with E-state index in [0.29, 0.717) is 5.02 Å². The normalized spacial score (nSPS) is 10.3. The van der Waals surface area contributed by atoms with Crippen molar-refractivity contribution in [3.8, 4) is 0 Å². The summed E-state index contributed by atoms with van der Waals surface area (Å²) in [4.78, 5) is 10.1. The van der Waals surface area contributed by atoms with Crippen molar-refractivity contribution < 1.29 is 0 Å². The first-order valence-corrected chi connectivity index (χ1v) is 6.32. The number of nitrogens with two attached hydrogens (primary N) is 1. The van der Waals surface area contributed by atoms with Gasteiger partial charge in [0.05, 0.1) is 10.7 Å². The number of halogens is 2. The van der Waals surface area contributed by atoms with Gasteiger partial charge in [0.2, 0.25) is 5.95 Å². The fourth-order valence-corrected chi connectivity index (χ4v) is 2.23. The van der Waals surface area contributed by atoms with E-state index in [1.54, 1.807) is 0 Å². The molecule has 1 aromatic carbocycles. The molecular formula is C11H10ClIN4. The van der Waals surface area contributed by atoms with E-state index in [1.807, 2.05) is 42.3 Å². The molecule has 2 N–H and O–H groups in total. The van der Waals surface area contributed by atoms with Crippen LogP contribution in [0.4, 0.5) is 17.5 Å². The number of rotatable bonds is 2. The number of nitrogen functional groups attached to an aromatic ring is 1. The van der Waals surface area contributed by atoms with Crippen molar-refractivity contribution in [2.45, 2.75) is 0 Å². The van der Waals surface area contributed by atoms with Crippen LogP contribution in [0.2, 0.25) is 5.02 Å². The largest absolute Gasteiger partial charge is 0.368 e. The molecule has 0 saturated carbocycles. The number of aromatic nitrogens is 2. The highest BCUT2D eigenvalue weighted by atomic mass is 127. The van der Waals surface area contributed by atoms with E-state index in [2.05, 4.69) is 32.6 Å². The van der Waals surface area contributed by atoms with Gasteiger partial charge in [-0.15, -0.1) is 0 Å². The molecule has 0 bridgehead atoms. The fraction of sp³-hybridized carbons (Fsp3) is 0.0909. The third-order valence-corrected chi connectivity index (χ3v) is 3.13. The predicted octanol–water partition coefficient (Wildman–Crippen LogP) is 3.08. The minimum absolute atomic E-state index is 0.255. The van der Waals surface area contributed by atoms with E-state index in [9.17, 15) is 0 Å². The molecule has 0 amide bonds. The summed E-state index contributed by atoms with van der Waals surface area (Å²) in [5, 5.41) is 0.669. The van der Waals surface area contributed by atoms with Gasteiger partial charge in [-0.3, -0.25) is 0 Å². The van der Waals surface area contributed by atoms with E-state index in [-0.39, 0.29) is 5.95 Å². The van der Waals surface area contributed by atoms with E-state index in [4.69, 9.17) is 17.3 Å². The average molecular weight is 361 g/mol. The van der Waals surface area contributed by atoms with Crippen LogP contribution >= 0.6 is 34.2 Å². The molecule has 0 aliphatic carbocycles. The molecular weight excluding hydrogens is 351 g/mol. The van der Waals surface area contributed by atoms with E-state index >= 15 is 0 Å². The Morgan fingerprint density at radius 2 is 2.00 bits per heavy atom. The van der Waals surface area contributed by atoms with Crippen LogP contribution in [-0.4, -0.2) is 17.0 Å². The Morgan fingerprint density at radius 1 is 1.29 bits per heavy atom. The predicted molar refractivity (Wildman–Crippen MR) is 78.7 cm³/mol. The number of nitrogens with zero attached hydrogens (tertiary/aromatic N) is 3. The molecule has 4 nitrogen and oxygen atoms in total. The number of hydrogen-bond acceptors (Lipinski definition) is 4. The Balaban J connectivity index is 2.43. The zero-order chi connectivity index (χ0) is 12.4. The van der Waals surface area contributed by atoms with Crippen molar-refractivity contribution >= 4 is 51.6 Å². The fourth-order valence-electron chi connectivity index (χ4n) is 1.44. The molecule has 1 aromatic heterocycles. The number of benzene rings is 1. The Hall–Kier alpha value is -1.08. The number of para-hydroxylation sites is 1. The van der Waals surface area contributed by atoms with Gasteiger partial charge in [0, 0.05) is 13.1 Å². The molecule has 0 unspecified atom stereocenters. The van der Waals surface area contributed by atoms with Gasteiger partial charge in [0.25, 0.3) is 0 Å². The Labute approximate surface area is 118 Å². The van der Waals surface area contributed by atoms with E-state index < -0.39 is 0 Å². The average Bonchev–Trinajstić information content (AvgIpc) is 2.27. The molecule has 0 atom stereocenters. The first kappa shape index (κ1) is 12.4. The van der Waals surface area contributed by atoms with Gasteiger partial charge < -0.3 is 10.6 Å². The minimum atomic E-state index is 0.255. The number of anilines is 3. The molecule has 1 heterocycles. The SMILES string of the molecule is CN(c1cc(I)nc(N)n1)c1ccccc1Cl. The molecule has 0 spiro atoms. The summed E-state index contributed by atoms with van der Waals surface area (Å²) in [7, 11) is 1.89. The van der Waals surface area contributed by atoms with Crippen LogP contribution in [-0.2, 0) is 0 Å². The Kier molecular flexibility index (Phi) is 3.68. The smallest absolute Gasteiger partial charge is 0.222 e. The minimum Gasteiger partial charge on any atom is -0.368 e. The lowest BCUT2D eigenvalue weighted by atomic mass is 10.3. The summed E-state index contributed by atoms with van der Waals surface area (Å²) < 4.78 is 0.795. The summed E-state index contributed by atoms with van der Waals surface area (Å²) in [6, 6.07) is 9.42. The quantitative estimate of drug-likeness (QED) is 0.660. The third-order valence-electron chi connectivity index (χ3n) is 2.26. The third kappa shape index (κ3) is 2.78. The van der Waals surface area contributed by atoms with E-state index in [0.717, 1.165) is 15.2 Å². The van der Waals surface area contributed by atoms with Gasteiger partial charge in [-0.2, -0.15) is 4.98 Å². The molecule has 0 aliphatic rings.